The van der Waals surface area contributed by atoms with Crippen LogP contribution in [0, 0.1) is 0 Å². The first kappa shape index (κ1) is 17.9. The molecule has 0 atom stereocenters. The minimum atomic E-state index is -0.272. The van der Waals surface area contributed by atoms with Crippen molar-refractivity contribution in [2.75, 3.05) is 11.9 Å². The lowest BCUT2D eigenvalue weighted by Crippen LogP contribution is -2.07. The lowest BCUT2D eigenvalue weighted by atomic mass is 10.2. The summed E-state index contributed by atoms with van der Waals surface area (Å²) in [6.07, 6.45) is 3.13. The van der Waals surface area contributed by atoms with Crippen LogP contribution in [0.4, 0.5) is 5.69 Å². The molecule has 120 valence electrons. The number of halogens is 3. The molecule has 1 N–H and O–H groups in total. The maximum absolute atomic E-state index is 12.0. The summed E-state index contributed by atoms with van der Waals surface area (Å²) in [6, 6.07) is 10.5. The van der Waals surface area contributed by atoms with E-state index in [-0.39, 0.29) is 5.91 Å². The molecule has 2 rings (SSSR count). The van der Waals surface area contributed by atoms with Crippen LogP contribution >= 0.6 is 39.1 Å². The Morgan fingerprint density at radius 2 is 2.00 bits per heavy atom. The molecule has 0 aliphatic heterocycles. The van der Waals surface area contributed by atoms with E-state index in [1.165, 1.54) is 6.08 Å². The minimum absolute atomic E-state index is 0.272. The van der Waals surface area contributed by atoms with Crippen LogP contribution in [0.15, 0.2) is 46.9 Å². The van der Waals surface area contributed by atoms with Gasteiger partial charge in [-0.2, -0.15) is 0 Å². The van der Waals surface area contributed by atoms with Crippen LogP contribution in [-0.2, 0) is 4.79 Å². The van der Waals surface area contributed by atoms with Crippen molar-refractivity contribution in [3.05, 3.63) is 62.6 Å². The molecule has 0 aliphatic rings. The molecule has 2 aromatic carbocycles. The molecule has 0 aromatic heterocycles. The van der Waals surface area contributed by atoms with Gasteiger partial charge >= 0.3 is 0 Å². The maximum Gasteiger partial charge on any atom is 0.248 e. The molecule has 0 unspecified atom stereocenters. The summed E-state index contributed by atoms with van der Waals surface area (Å²) in [6.45, 7) is 2.46. The molecule has 0 aliphatic carbocycles. The van der Waals surface area contributed by atoms with E-state index in [0.717, 1.165) is 10.0 Å². The van der Waals surface area contributed by atoms with E-state index in [4.69, 9.17) is 27.9 Å². The van der Waals surface area contributed by atoms with Gasteiger partial charge in [0, 0.05) is 21.8 Å². The molecule has 0 radical (unpaired) electrons. The molecule has 0 saturated carbocycles. The number of nitrogens with one attached hydrogen (secondary N) is 1. The van der Waals surface area contributed by atoms with Gasteiger partial charge in [0.15, 0.2) is 0 Å². The topological polar surface area (TPSA) is 38.3 Å². The molecule has 6 heteroatoms. The Kier molecular flexibility index (Phi) is 6.51. The lowest BCUT2D eigenvalue weighted by molar-refractivity contribution is -0.111. The normalized spacial score (nSPS) is 10.8. The summed E-state index contributed by atoms with van der Waals surface area (Å²) in [5.74, 6) is 0.445. The molecule has 0 spiro atoms. The Bertz CT molecular complexity index is 747. The summed E-state index contributed by atoms with van der Waals surface area (Å²) in [4.78, 5) is 12.0. The van der Waals surface area contributed by atoms with Crippen LogP contribution in [0.2, 0.25) is 10.0 Å². The predicted molar refractivity (Wildman–Crippen MR) is 99.4 cm³/mol. The van der Waals surface area contributed by atoms with Gasteiger partial charge in [0.1, 0.15) is 5.75 Å². The van der Waals surface area contributed by atoms with Crippen LogP contribution in [0.25, 0.3) is 6.08 Å². The van der Waals surface area contributed by atoms with Crippen LogP contribution in [-0.4, -0.2) is 12.5 Å². The molecule has 1 amide bonds. The van der Waals surface area contributed by atoms with E-state index >= 15 is 0 Å². The first-order valence-electron chi connectivity index (χ1n) is 6.86. The van der Waals surface area contributed by atoms with Crippen molar-refractivity contribution in [3.63, 3.8) is 0 Å². The highest BCUT2D eigenvalue weighted by molar-refractivity contribution is 9.10. The van der Waals surface area contributed by atoms with Gasteiger partial charge in [-0.1, -0.05) is 39.1 Å². The van der Waals surface area contributed by atoms with Crippen LogP contribution in [0.1, 0.15) is 12.5 Å². The first-order chi connectivity index (χ1) is 11.0. The summed E-state index contributed by atoms with van der Waals surface area (Å²) in [5.41, 5.74) is 1.39. The molecule has 0 bridgehead atoms. The molecule has 0 saturated heterocycles. The number of benzene rings is 2. The van der Waals surface area contributed by atoms with Gasteiger partial charge in [-0.05, 0) is 49.4 Å². The summed E-state index contributed by atoms with van der Waals surface area (Å²) in [7, 11) is 0. The van der Waals surface area contributed by atoms with Crippen molar-refractivity contribution in [3.8, 4) is 5.75 Å². The Hall–Kier alpha value is -1.49. The van der Waals surface area contributed by atoms with Crippen molar-refractivity contribution in [1.82, 2.24) is 0 Å². The van der Waals surface area contributed by atoms with Gasteiger partial charge in [-0.3, -0.25) is 4.79 Å². The van der Waals surface area contributed by atoms with Crippen molar-refractivity contribution in [2.45, 2.75) is 6.92 Å². The number of hydrogen-bond acceptors (Lipinski definition) is 2. The van der Waals surface area contributed by atoms with Crippen molar-refractivity contribution < 1.29 is 9.53 Å². The van der Waals surface area contributed by atoms with E-state index in [2.05, 4.69) is 21.2 Å². The highest BCUT2D eigenvalue weighted by atomic mass is 79.9. The fourth-order valence-corrected chi connectivity index (χ4v) is 2.54. The van der Waals surface area contributed by atoms with Crippen molar-refractivity contribution in [1.29, 1.82) is 0 Å². The maximum atomic E-state index is 12.0. The quantitative estimate of drug-likeness (QED) is 0.627. The Labute approximate surface area is 153 Å². The third-order valence-corrected chi connectivity index (χ3v) is 4.11. The summed E-state index contributed by atoms with van der Waals surface area (Å²) in [5, 5.41) is 3.55. The molecule has 0 fully saturated rings. The zero-order chi connectivity index (χ0) is 16.8. The van der Waals surface area contributed by atoms with Gasteiger partial charge in [-0.15, -0.1) is 0 Å². The summed E-state index contributed by atoms with van der Waals surface area (Å²) >= 11 is 15.2. The number of carbonyl (C=O) groups is 1. The third kappa shape index (κ3) is 5.27. The van der Waals surface area contributed by atoms with Gasteiger partial charge in [0.2, 0.25) is 5.91 Å². The van der Waals surface area contributed by atoms with Crippen molar-refractivity contribution >= 4 is 56.8 Å². The van der Waals surface area contributed by atoms with Gasteiger partial charge in [0.25, 0.3) is 0 Å². The average Bonchev–Trinajstić information content (AvgIpc) is 2.51. The second kappa shape index (κ2) is 8.39. The van der Waals surface area contributed by atoms with E-state index in [1.807, 2.05) is 25.1 Å². The number of ether oxygens (including phenoxy) is 1. The van der Waals surface area contributed by atoms with Gasteiger partial charge < -0.3 is 10.1 Å². The SMILES string of the molecule is CCOc1ccc(Br)cc1C=CC(=O)Nc1ccc(Cl)c(Cl)c1. The zero-order valence-corrected chi connectivity index (χ0v) is 15.4. The number of amides is 1. The van der Waals surface area contributed by atoms with Gasteiger partial charge in [-0.25, -0.2) is 0 Å². The largest absolute Gasteiger partial charge is 0.493 e. The molecule has 23 heavy (non-hydrogen) atoms. The first-order valence-corrected chi connectivity index (χ1v) is 8.41. The van der Waals surface area contributed by atoms with Crippen molar-refractivity contribution in [2.24, 2.45) is 0 Å². The third-order valence-electron chi connectivity index (χ3n) is 2.87. The standard InChI is InChI=1S/C17H14BrCl2NO2/c1-2-23-16-7-4-12(18)9-11(16)3-8-17(22)21-13-5-6-14(19)15(20)10-13/h3-10H,2H2,1H3,(H,21,22). The van der Waals surface area contributed by atoms with Crippen LogP contribution in [0.3, 0.4) is 0 Å². The highest BCUT2D eigenvalue weighted by Gasteiger charge is 2.04. The highest BCUT2D eigenvalue weighted by Crippen LogP contribution is 2.26. The number of carbonyl (C=O) groups excluding carboxylic acids is 1. The lowest BCUT2D eigenvalue weighted by Gasteiger charge is -2.07. The number of rotatable bonds is 5. The Morgan fingerprint density at radius 1 is 1.22 bits per heavy atom. The molecular weight excluding hydrogens is 401 g/mol. The smallest absolute Gasteiger partial charge is 0.248 e. The number of hydrogen-bond donors (Lipinski definition) is 1. The Morgan fingerprint density at radius 3 is 2.70 bits per heavy atom. The molecule has 2 aromatic rings. The molecule has 0 heterocycles. The van der Waals surface area contributed by atoms with Crippen LogP contribution in [0.5, 0.6) is 5.75 Å². The fraction of sp³-hybridized carbons (Fsp3) is 0.118. The van der Waals surface area contributed by atoms with Crippen LogP contribution < -0.4 is 10.1 Å². The minimum Gasteiger partial charge on any atom is -0.493 e. The summed E-state index contributed by atoms with van der Waals surface area (Å²) < 4.78 is 6.44. The second-order valence-corrected chi connectivity index (χ2v) is 6.30. The average molecular weight is 415 g/mol. The number of anilines is 1. The fourth-order valence-electron chi connectivity index (χ4n) is 1.86. The van der Waals surface area contributed by atoms with E-state index in [9.17, 15) is 4.79 Å². The Balaban J connectivity index is 2.11. The molecular formula is C17H14BrCl2NO2. The second-order valence-electron chi connectivity index (χ2n) is 4.57. The monoisotopic (exact) mass is 413 g/mol. The van der Waals surface area contributed by atoms with E-state index in [0.29, 0.717) is 28.1 Å². The van der Waals surface area contributed by atoms with E-state index < -0.39 is 0 Å². The van der Waals surface area contributed by atoms with Gasteiger partial charge in [0.05, 0.1) is 16.7 Å². The predicted octanol–water partition coefficient (Wildman–Crippen LogP) is 5.81. The van der Waals surface area contributed by atoms with E-state index in [1.54, 1.807) is 24.3 Å². The zero-order valence-electron chi connectivity index (χ0n) is 12.3. The molecule has 3 nitrogen and oxygen atoms in total.